The summed E-state index contributed by atoms with van der Waals surface area (Å²) in [4.78, 5) is 30.0. The molecular weight excluding hydrogens is 925 g/mol. The van der Waals surface area contributed by atoms with E-state index >= 15 is 0 Å². The van der Waals surface area contributed by atoms with Crippen LogP contribution in [-0.2, 0) is 23.6 Å². The van der Waals surface area contributed by atoms with Crippen molar-refractivity contribution in [1.82, 2.24) is 59.4 Å². The molecule has 2 saturated heterocycles. The molecule has 8 aromatic heterocycles. The van der Waals surface area contributed by atoms with E-state index in [1.54, 1.807) is 41.5 Å². The first-order valence-electron chi connectivity index (χ1n) is 20.8. The van der Waals surface area contributed by atoms with Gasteiger partial charge in [-0.2, -0.15) is 20.5 Å². The van der Waals surface area contributed by atoms with Crippen molar-refractivity contribution in [2.45, 2.75) is 13.8 Å². The van der Waals surface area contributed by atoms with Gasteiger partial charge in [0.1, 0.15) is 39.2 Å². The van der Waals surface area contributed by atoms with Gasteiger partial charge in [0, 0.05) is 52.4 Å². The van der Waals surface area contributed by atoms with E-state index in [4.69, 9.17) is 35.2 Å². The van der Waals surface area contributed by atoms with E-state index in [0.29, 0.717) is 87.4 Å². The van der Waals surface area contributed by atoms with E-state index in [0.717, 1.165) is 66.8 Å². The van der Waals surface area contributed by atoms with Crippen LogP contribution >= 0.6 is 15.9 Å². The second kappa shape index (κ2) is 20.8. The number of nitrogens with zero attached hydrogens (tertiary/aromatic N) is 16. The molecule has 22 nitrogen and oxygen atoms in total. The summed E-state index contributed by atoms with van der Waals surface area (Å²) >= 11 is 3.25. The molecule has 10 heterocycles. The number of nitrogens with one attached hydrogen (secondary N) is 1. The number of rotatable bonds is 8. The van der Waals surface area contributed by atoms with Gasteiger partial charge in [0.15, 0.2) is 40.2 Å². The van der Waals surface area contributed by atoms with E-state index in [1.807, 2.05) is 68.9 Å². The van der Waals surface area contributed by atoms with Crippen molar-refractivity contribution >= 4 is 67.1 Å². The summed E-state index contributed by atoms with van der Waals surface area (Å²) in [5.74, 6) is 4.08. The van der Waals surface area contributed by atoms with Crippen molar-refractivity contribution in [3.05, 3.63) is 101 Å². The van der Waals surface area contributed by atoms with Crippen LogP contribution < -0.4 is 30.3 Å². The second-order valence-electron chi connectivity index (χ2n) is 15.0. The third-order valence-corrected chi connectivity index (χ3v) is 10.7. The van der Waals surface area contributed by atoms with Gasteiger partial charge in [-0.3, -0.25) is 0 Å². The fraction of sp³-hybridized carbons (Fsp3) is 0.273. The average Bonchev–Trinajstić information content (AvgIpc) is 3.93. The number of pyridine rings is 4. The second-order valence-corrected chi connectivity index (χ2v) is 15.8. The Morgan fingerprint density at radius 3 is 1.66 bits per heavy atom. The number of imidazole rings is 2. The van der Waals surface area contributed by atoms with Gasteiger partial charge in [0.05, 0.1) is 62.9 Å². The third-order valence-electron chi connectivity index (χ3n) is 10.3. The Labute approximate surface area is 392 Å². The first kappa shape index (κ1) is 45.4. The maximum absolute atomic E-state index is 9.03. The number of nitriles is 2. The van der Waals surface area contributed by atoms with Crippen molar-refractivity contribution in [2.24, 2.45) is 14.1 Å². The van der Waals surface area contributed by atoms with Crippen LogP contribution in [0, 0.1) is 36.5 Å². The number of nitrogen functional groups attached to an aromatic ring is 1. The zero-order chi connectivity index (χ0) is 46.9. The minimum atomic E-state index is 0.330. The minimum Gasteiger partial charge on any atom is -0.437 e. The van der Waals surface area contributed by atoms with E-state index in [9.17, 15) is 0 Å². The van der Waals surface area contributed by atoms with Crippen LogP contribution in [0.2, 0.25) is 0 Å². The topological polar surface area (TPSA) is 268 Å². The number of aryl methyl sites for hydroxylation is 4. The highest BCUT2D eigenvalue weighted by Gasteiger charge is 2.17. The predicted molar refractivity (Wildman–Crippen MR) is 250 cm³/mol. The quantitative estimate of drug-likeness (QED) is 0.185. The van der Waals surface area contributed by atoms with Crippen LogP contribution in [0.4, 0.5) is 28.8 Å². The Kier molecular flexibility index (Phi) is 14.1. The fourth-order valence-corrected chi connectivity index (χ4v) is 6.99. The van der Waals surface area contributed by atoms with Crippen molar-refractivity contribution < 1.29 is 18.9 Å². The first-order valence-corrected chi connectivity index (χ1v) is 21.6. The van der Waals surface area contributed by atoms with Crippen LogP contribution in [0.25, 0.3) is 22.3 Å². The molecule has 0 aliphatic carbocycles. The molecular formula is C44H43BrN18O4. The van der Waals surface area contributed by atoms with Gasteiger partial charge in [-0.15, -0.1) is 20.4 Å². The largest absolute Gasteiger partial charge is 0.437 e. The lowest BCUT2D eigenvalue weighted by molar-refractivity contribution is 0.122. The standard InChI is InChI=1S/C22H21N9O2.C14H12N6O.C8H10BrN3O/c1-14-9-15(11-23)24-12-17(14)33-20-10-16(21-22(27-20)30(2)13-25-21)26-18-3-4-19(29-28-18)31-5-7-32-8-6-31;1-8-3-9(5-15)17-6-11(8)21-12-4-10(16)13-14(19-12)20(2)7-18-13;9-7-1-2-8(11-10-7)12-3-5-13-6-4-12/h3-4,9-10,12-13H,5-8H2,1-2H3,(H,26,27,28);3-4,6-7H,1-2H3,(H2,16,19);1-2H,3-6H2. The molecule has 0 radical (unpaired) electrons. The molecule has 0 amide bonds. The van der Waals surface area contributed by atoms with Gasteiger partial charge in [0.25, 0.3) is 0 Å². The Morgan fingerprint density at radius 2 is 1.16 bits per heavy atom. The maximum Gasteiger partial charge on any atom is 0.223 e. The molecule has 23 heteroatoms. The van der Waals surface area contributed by atoms with Crippen molar-refractivity contribution in [1.29, 1.82) is 10.5 Å². The number of aromatic nitrogens is 12. The van der Waals surface area contributed by atoms with Crippen LogP contribution in [0.5, 0.6) is 23.3 Å². The Morgan fingerprint density at radius 1 is 0.657 bits per heavy atom. The lowest BCUT2D eigenvalue weighted by Crippen LogP contribution is -2.36. The number of hydrogen-bond acceptors (Lipinski definition) is 20. The van der Waals surface area contributed by atoms with Crippen molar-refractivity contribution in [3.63, 3.8) is 0 Å². The SMILES string of the molecule is Brc1ccc(N2CCOCC2)nn1.Cc1cc(C#N)ncc1Oc1cc(N)c2ncn(C)c2n1.Cc1cc(C#N)ncc1Oc1cc(Nc2ccc(N3CCOCC3)nn2)c2ncn(C)c2n1. The Hall–Kier alpha value is -8.12. The van der Waals surface area contributed by atoms with E-state index in [1.165, 1.54) is 12.4 Å². The third kappa shape index (κ3) is 11.1. The van der Waals surface area contributed by atoms with Gasteiger partial charge in [-0.25, -0.2) is 19.9 Å². The lowest BCUT2D eigenvalue weighted by Gasteiger charge is -2.27. The Balaban J connectivity index is 0.000000152. The molecule has 0 bridgehead atoms. The highest BCUT2D eigenvalue weighted by Crippen LogP contribution is 2.32. The summed E-state index contributed by atoms with van der Waals surface area (Å²) in [6.07, 6.45) is 6.35. The van der Waals surface area contributed by atoms with Crippen LogP contribution in [-0.4, -0.2) is 112 Å². The molecule has 3 N–H and O–H groups in total. The van der Waals surface area contributed by atoms with Gasteiger partial charge in [0.2, 0.25) is 11.8 Å². The van der Waals surface area contributed by atoms with Gasteiger partial charge < -0.3 is 48.9 Å². The molecule has 0 aromatic carbocycles. The van der Waals surface area contributed by atoms with Gasteiger partial charge in [-0.1, -0.05) is 0 Å². The van der Waals surface area contributed by atoms with E-state index < -0.39 is 0 Å². The summed E-state index contributed by atoms with van der Waals surface area (Å²) in [7, 11) is 3.70. The molecule has 2 aliphatic heterocycles. The number of fused-ring (bicyclic) bond motifs is 2. The highest BCUT2D eigenvalue weighted by molar-refractivity contribution is 9.10. The number of morpholine rings is 2. The number of ether oxygens (including phenoxy) is 4. The van der Waals surface area contributed by atoms with Gasteiger partial charge >= 0.3 is 0 Å². The van der Waals surface area contributed by atoms with Crippen LogP contribution in [0.1, 0.15) is 22.5 Å². The average molecular weight is 968 g/mol. The first-order chi connectivity index (χ1) is 32.5. The number of halogens is 1. The van der Waals surface area contributed by atoms with E-state index in [2.05, 4.69) is 81.3 Å². The Bertz CT molecular complexity index is 3080. The summed E-state index contributed by atoms with van der Waals surface area (Å²) < 4.78 is 26.7. The summed E-state index contributed by atoms with van der Waals surface area (Å²) in [5, 5.41) is 37.8. The van der Waals surface area contributed by atoms with E-state index in [-0.39, 0.29) is 0 Å². The molecule has 8 aromatic rings. The summed E-state index contributed by atoms with van der Waals surface area (Å²) in [6, 6.07) is 18.4. The monoisotopic (exact) mass is 966 g/mol. The fourth-order valence-electron chi connectivity index (χ4n) is 6.78. The molecule has 0 unspecified atom stereocenters. The number of hydrogen-bond donors (Lipinski definition) is 2. The minimum absolute atomic E-state index is 0.330. The zero-order valence-corrected chi connectivity index (χ0v) is 38.4. The molecule has 67 heavy (non-hydrogen) atoms. The molecule has 2 aliphatic rings. The zero-order valence-electron chi connectivity index (χ0n) is 36.8. The highest BCUT2D eigenvalue weighted by atomic mass is 79.9. The lowest BCUT2D eigenvalue weighted by atomic mass is 10.2. The smallest absolute Gasteiger partial charge is 0.223 e. The normalized spacial score (nSPS) is 13.4. The van der Waals surface area contributed by atoms with Crippen LogP contribution in [0.15, 0.2) is 78.2 Å². The van der Waals surface area contributed by atoms with Crippen molar-refractivity contribution in [3.8, 4) is 35.4 Å². The molecule has 0 spiro atoms. The molecule has 0 saturated carbocycles. The van der Waals surface area contributed by atoms with Crippen molar-refractivity contribution in [2.75, 3.05) is 73.5 Å². The molecule has 2 fully saturated rings. The molecule has 340 valence electrons. The molecule has 0 atom stereocenters. The summed E-state index contributed by atoms with van der Waals surface area (Å²) in [6.45, 7) is 10.0. The number of nitrogens with two attached hydrogens (primary N) is 1. The molecule has 10 rings (SSSR count). The maximum atomic E-state index is 9.03. The predicted octanol–water partition coefficient (Wildman–Crippen LogP) is 5.70. The van der Waals surface area contributed by atoms with Gasteiger partial charge in [-0.05, 0) is 77.3 Å². The number of anilines is 5. The van der Waals surface area contributed by atoms with Crippen LogP contribution in [0.3, 0.4) is 0 Å². The summed E-state index contributed by atoms with van der Waals surface area (Å²) in [5.41, 5.74) is 12.0.